The summed E-state index contributed by atoms with van der Waals surface area (Å²) in [5.74, 6) is 0.0720. The van der Waals surface area contributed by atoms with Crippen molar-refractivity contribution in [2.24, 2.45) is 0 Å². The number of piperazine rings is 1. The van der Waals surface area contributed by atoms with Crippen molar-refractivity contribution in [2.45, 2.75) is 13.3 Å². The van der Waals surface area contributed by atoms with Gasteiger partial charge in [0.2, 0.25) is 0 Å². The Balaban J connectivity index is 0.00000180. The third kappa shape index (κ3) is 5.10. The van der Waals surface area contributed by atoms with Crippen LogP contribution in [0.1, 0.15) is 21.7 Å². The summed E-state index contributed by atoms with van der Waals surface area (Å²) in [6, 6.07) is 1.99. The average molecular weight is 304 g/mol. The van der Waals surface area contributed by atoms with Crippen LogP contribution in [0.25, 0.3) is 0 Å². The van der Waals surface area contributed by atoms with Crippen molar-refractivity contribution in [2.75, 3.05) is 39.3 Å². The second-order valence-corrected chi connectivity index (χ2v) is 5.55. The van der Waals surface area contributed by atoms with Gasteiger partial charge >= 0.3 is 0 Å². The van der Waals surface area contributed by atoms with Crippen LogP contribution >= 0.6 is 23.7 Å². The SMILES string of the molecule is Cc1ccsc1C(=O)NCCCN1CCNCC1.Cl. The molecule has 1 aromatic heterocycles. The highest BCUT2D eigenvalue weighted by Gasteiger charge is 2.11. The maximum Gasteiger partial charge on any atom is 0.261 e. The molecule has 0 unspecified atom stereocenters. The van der Waals surface area contributed by atoms with Crippen LogP contribution in [0, 0.1) is 6.92 Å². The number of nitrogens with one attached hydrogen (secondary N) is 2. The maximum atomic E-state index is 11.9. The zero-order valence-corrected chi connectivity index (χ0v) is 12.9. The van der Waals surface area contributed by atoms with Crippen molar-refractivity contribution in [1.29, 1.82) is 0 Å². The first-order chi connectivity index (χ1) is 8.77. The Kier molecular flexibility index (Phi) is 7.38. The number of hydrogen-bond acceptors (Lipinski definition) is 4. The molecule has 1 aliphatic heterocycles. The van der Waals surface area contributed by atoms with Gasteiger partial charge < -0.3 is 15.5 Å². The van der Waals surface area contributed by atoms with Gasteiger partial charge in [0.05, 0.1) is 4.88 Å². The van der Waals surface area contributed by atoms with E-state index in [-0.39, 0.29) is 18.3 Å². The Hall–Kier alpha value is -0.620. The standard InChI is InChI=1S/C13H21N3OS.ClH/c1-11-3-10-18-12(11)13(17)15-4-2-7-16-8-5-14-6-9-16;/h3,10,14H,2,4-9H2,1H3,(H,15,17);1H. The molecule has 1 aliphatic rings. The third-order valence-electron chi connectivity index (χ3n) is 3.21. The van der Waals surface area contributed by atoms with Gasteiger partial charge in [0, 0.05) is 32.7 Å². The van der Waals surface area contributed by atoms with E-state index in [1.54, 1.807) is 0 Å². The van der Waals surface area contributed by atoms with Crippen molar-refractivity contribution in [3.63, 3.8) is 0 Å². The quantitative estimate of drug-likeness (QED) is 0.810. The Morgan fingerprint density at radius 2 is 2.21 bits per heavy atom. The molecule has 2 rings (SSSR count). The number of amides is 1. The van der Waals surface area contributed by atoms with Crippen LogP contribution in [0.15, 0.2) is 11.4 Å². The van der Waals surface area contributed by atoms with Crippen molar-refractivity contribution >= 4 is 29.7 Å². The second kappa shape index (κ2) is 8.53. The van der Waals surface area contributed by atoms with Crippen LogP contribution in [0.4, 0.5) is 0 Å². The van der Waals surface area contributed by atoms with Gasteiger partial charge in [-0.2, -0.15) is 0 Å². The topological polar surface area (TPSA) is 44.4 Å². The largest absolute Gasteiger partial charge is 0.351 e. The monoisotopic (exact) mass is 303 g/mol. The first-order valence-electron chi connectivity index (χ1n) is 6.53. The molecule has 0 spiro atoms. The minimum atomic E-state index is 0. The lowest BCUT2D eigenvalue weighted by molar-refractivity contribution is 0.0955. The molecule has 2 heterocycles. The fourth-order valence-electron chi connectivity index (χ4n) is 2.12. The summed E-state index contributed by atoms with van der Waals surface area (Å²) in [4.78, 5) is 15.1. The number of hydrogen-bond donors (Lipinski definition) is 2. The predicted octanol–water partition coefficient (Wildman–Crippen LogP) is 1.50. The number of thiophene rings is 1. The van der Waals surface area contributed by atoms with E-state index in [2.05, 4.69) is 15.5 Å². The molecular weight excluding hydrogens is 282 g/mol. The van der Waals surface area contributed by atoms with Crippen LogP contribution in [0.5, 0.6) is 0 Å². The van der Waals surface area contributed by atoms with Gasteiger partial charge in [-0.25, -0.2) is 0 Å². The van der Waals surface area contributed by atoms with Crippen LogP contribution < -0.4 is 10.6 Å². The molecule has 0 atom stereocenters. The van der Waals surface area contributed by atoms with Crippen molar-refractivity contribution in [1.82, 2.24) is 15.5 Å². The van der Waals surface area contributed by atoms with Crippen LogP contribution in [-0.4, -0.2) is 50.1 Å². The number of rotatable bonds is 5. The van der Waals surface area contributed by atoms with E-state index in [4.69, 9.17) is 0 Å². The summed E-state index contributed by atoms with van der Waals surface area (Å²) in [7, 11) is 0. The zero-order chi connectivity index (χ0) is 12.8. The number of carbonyl (C=O) groups excluding carboxylic acids is 1. The lowest BCUT2D eigenvalue weighted by Gasteiger charge is -2.27. The molecule has 19 heavy (non-hydrogen) atoms. The van der Waals surface area contributed by atoms with Crippen molar-refractivity contribution < 1.29 is 4.79 Å². The molecule has 0 aliphatic carbocycles. The van der Waals surface area contributed by atoms with Crippen LogP contribution in [-0.2, 0) is 0 Å². The summed E-state index contributed by atoms with van der Waals surface area (Å²) in [6.45, 7) is 8.23. The van der Waals surface area contributed by atoms with Gasteiger partial charge in [0.1, 0.15) is 0 Å². The molecule has 0 saturated carbocycles. The summed E-state index contributed by atoms with van der Waals surface area (Å²) >= 11 is 1.51. The minimum Gasteiger partial charge on any atom is -0.351 e. The fourth-order valence-corrected chi connectivity index (χ4v) is 2.97. The van der Waals surface area contributed by atoms with E-state index in [0.29, 0.717) is 0 Å². The van der Waals surface area contributed by atoms with Gasteiger partial charge in [-0.05, 0) is 36.9 Å². The summed E-state index contributed by atoms with van der Waals surface area (Å²) < 4.78 is 0. The number of nitrogens with zero attached hydrogens (tertiary/aromatic N) is 1. The highest BCUT2D eigenvalue weighted by atomic mass is 35.5. The summed E-state index contributed by atoms with van der Waals surface area (Å²) in [6.07, 6.45) is 1.02. The Morgan fingerprint density at radius 3 is 2.84 bits per heavy atom. The molecule has 108 valence electrons. The average Bonchev–Trinajstić information content (AvgIpc) is 2.82. The smallest absolute Gasteiger partial charge is 0.261 e. The van der Waals surface area contributed by atoms with E-state index >= 15 is 0 Å². The van der Waals surface area contributed by atoms with E-state index < -0.39 is 0 Å². The molecule has 2 N–H and O–H groups in total. The van der Waals surface area contributed by atoms with Gasteiger partial charge in [-0.3, -0.25) is 4.79 Å². The summed E-state index contributed by atoms with van der Waals surface area (Å²) in [5.41, 5.74) is 1.07. The first kappa shape index (κ1) is 16.4. The zero-order valence-electron chi connectivity index (χ0n) is 11.3. The molecular formula is C13H22ClN3OS. The highest BCUT2D eigenvalue weighted by molar-refractivity contribution is 7.12. The molecule has 1 aromatic rings. The minimum absolute atomic E-state index is 0. The third-order valence-corrected chi connectivity index (χ3v) is 4.23. The molecule has 0 bridgehead atoms. The van der Waals surface area contributed by atoms with Gasteiger partial charge in [0.25, 0.3) is 5.91 Å². The molecule has 4 nitrogen and oxygen atoms in total. The summed E-state index contributed by atoms with van der Waals surface area (Å²) in [5, 5.41) is 8.30. The Morgan fingerprint density at radius 1 is 1.47 bits per heavy atom. The maximum absolute atomic E-state index is 11.9. The van der Waals surface area contributed by atoms with E-state index in [1.165, 1.54) is 11.3 Å². The van der Waals surface area contributed by atoms with Crippen molar-refractivity contribution in [3.05, 3.63) is 21.9 Å². The Labute approximate surface area is 125 Å². The fraction of sp³-hybridized carbons (Fsp3) is 0.615. The van der Waals surface area contributed by atoms with E-state index in [9.17, 15) is 4.79 Å². The highest BCUT2D eigenvalue weighted by Crippen LogP contribution is 2.14. The van der Waals surface area contributed by atoms with E-state index in [1.807, 2.05) is 18.4 Å². The van der Waals surface area contributed by atoms with Gasteiger partial charge in [-0.15, -0.1) is 23.7 Å². The predicted molar refractivity (Wildman–Crippen MR) is 82.6 cm³/mol. The van der Waals surface area contributed by atoms with Crippen molar-refractivity contribution in [3.8, 4) is 0 Å². The Bertz CT molecular complexity index is 391. The lowest BCUT2D eigenvalue weighted by atomic mass is 10.2. The number of halogens is 1. The number of aryl methyl sites for hydroxylation is 1. The second-order valence-electron chi connectivity index (χ2n) is 4.63. The molecule has 1 amide bonds. The van der Waals surface area contributed by atoms with E-state index in [0.717, 1.165) is 56.1 Å². The number of carbonyl (C=O) groups is 1. The van der Waals surface area contributed by atoms with Gasteiger partial charge in [-0.1, -0.05) is 0 Å². The van der Waals surface area contributed by atoms with Gasteiger partial charge in [0.15, 0.2) is 0 Å². The molecule has 6 heteroatoms. The normalized spacial score (nSPS) is 15.8. The molecule has 1 fully saturated rings. The van der Waals surface area contributed by atoms with Crippen LogP contribution in [0.3, 0.4) is 0 Å². The lowest BCUT2D eigenvalue weighted by Crippen LogP contribution is -2.44. The molecule has 0 radical (unpaired) electrons. The molecule has 0 aromatic carbocycles. The molecule has 1 saturated heterocycles. The van der Waals surface area contributed by atoms with Crippen LogP contribution in [0.2, 0.25) is 0 Å². The first-order valence-corrected chi connectivity index (χ1v) is 7.40.